The lowest BCUT2D eigenvalue weighted by Gasteiger charge is -2.32. The van der Waals surface area contributed by atoms with E-state index in [2.05, 4.69) is 39.6 Å². The van der Waals surface area contributed by atoms with Gasteiger partial charge in [0.2, 0.25) is 11.6 Å². The summed E-state index contributed by atoms with van der Waals surface area (Å²) in [5.74, 6) is -0.713. The molecular formula is C30H28ClF4N9O2. The molecule has 2 saturated heterocycles. The fourth-order valence-corrected chi connectivity index (χ4v) is 5.67. The summed E-state index contributed by atoms with van der Waals surface area (Å²) in [7, 11) is 0. The number of halogens is 5. The van der Waals surface area contributed by atoms with Gasteiger partial charge in [-0.05, 0) is 43.0 Å². The number of alkyl halides is 3. The van der Waals surface area contributed by atoms with E-state index in [0.29, 0.717) is 68.4 Å². The van der Waals surface area contributed by atoms with Crippen molar-refractivity contribution in [3.8, 4) is 17.4 Å². The average molecular weight is 658 g/mol. The Morgan fingerprint density at radius 3 is 2.50 bits per heavy atom. The lowest BCUT2D eigenvalue weighted by Crippen LogP contribution is -2.39. The van der Waals surface area contributed by atoms with E-state index in [0.717, 1.165) is 29.5 Å². The van der Waals surface area contributed by atoms with Gasteiger partial charge in [0.1, 0.15) is 23.4 Å². The minimum Gasteiger partial charge on any atom is -0.472 e. The van der Waals surface area contributed by atoms with Gasteiger partial charge in [0.15, 0.2) is 5.82 Å². The summed E-state index contributed by atoms with van der Waals surface area (Å²) in [6.07, 6.45) is 0.559. The maximum absolute atomic E-state index is 14.6. The highest BCUT2D eigenvalue weighted by molar-refractivity contribution is 6.30. The SMILES string of the molecule is Fc1cnc(Cc2ccc(Cl)cc2)nc1OC1CCN(Cc2nc3cc(-c4nnc(C(F)(F)F)[nH]4)ncc3n2CC2CCO2)CC1. The highest BCUT2D eigenvalue weighted by atomic mass is 35.5. The number of likely N-dealkylation sites (tertiary alicyclic amines) is 1. The fourth-order valence-electron chi connectivity index (χ4n) is 5.55. The number of aromatic amines is 1. The van der Waals surface area contributed by atoms with Crippen LogP contribution in [0.4, 0.5) is 17.6 Å². The maximum Gasteiger partial charge on any atom is 0.451 e. The molecule has 2 aliphatic heterocycles. The van der Waals surface area contributed by atoms with Gasteiger partial charge >= 0.3 is 6.18 Å². The minimum absolute atomic E-state index is 0.0471. The number of nitrogens with one attached hydrogen (secondary N) is 1. The first kappa shape index (κ1) is 30.4. The van der Waals surface area contributed by atoms with Gasteiger partial charge in [-0.25, -0.2) is 9.97 Å². The van der Waals surface area contributed by atoms with Crippen molar-refractivity contribution >= 4 is 22.6 Å². The number of pyridine rings is 1. The highest BCUT2D eigenvalue weighted by Crippen LogP contribution is 2.29. The van der Waals surface area contributed by atoms with E-state index in [1.165, 1.54) is 0 Å². The van der Waals surface area contributed by atoms with Crippen LogP contribution in [-0.2, 0) is 30.4 Å². The van der Waals surface area contributed by atoms with Crippen LogP contribution < -0.4 is 4.74 Å². The molecule has 0 spiro atoms. The molecule has 1 atom stereocenters. The number of fused-ring (bicyclic) bond motifs is 1. The van der Waals surface area contributed by atoms with Crippen LogP contribution in [0.5, 0.6) is 5.88 Å². The summed E-state index contributed by atoms with van der Waals surface area (Å²) in [5, 5.41) is 7.45. The molecule has 7 rings (SSSR count). The van der Waals surface area contributed by atoms with Gasteiger partial charge in [-0.2, -0.15) is 22.5 Å². The van der Waals surface area contributed by atoms with Crippen molar-refractivity contribution in [2.75, 3.05) is 19.7 Å². The number of ether oxygens (including phenoxy) is 2. The molecule has 11 nitrogen and oxygen atoms in total. The zero-order valence-corrected chi connectivity index (χ0v) is 25.1. The van der Waals surface area contributed by atoms with Crippen LogP contribution in [0.25, 0.3) is 22.6 Å². The Balaban J connectivity index is 1.03. The number of H-pyrrole nitrogens is 1. The van der Waals surface area contributed by atoms with Gasteiger partial charge in [-0.15, -0.1) is 10.2 Å². The highest BCUT2D eigenvalue weighted by Gasteiger charge is 2.35. The summed E-state index contributed by atoms with van der Waals surface area (Å²) in [5.41, 5.74) is 2.48. The molecule has 240 valence electrons. The van der Waals surface area contributed by atoms with E-state index in [1.807, 2.05) is 12.1 Å². The topological polar surface area (TPSA) is 120 Å². The number of benzene rings is 1. The van der Waals surface area contributed by atoms with Gasteiger partial charge in [0.25, 0.3) is 5.88 Å². The number of hydrogen-bond acceptors (Lipinski definition) is 9. The number of piperidine rings is 1. The number of hydrogen-bond donors (Lipinski definition) is 1. The van der Waals surface area contributed by atoms with Gasteiger partial charge in [0, 0.05) is 31.1 Å². The molecule has 1 N–H and O–H groups in total. The summed E-state index contributed by atoms with van der Waals surface area (Å²) >= 11 is 5.97. The lowest BCUT2D eigenvalue weighted by atomic mass is 10.1. The molecule has 2 fully saturated rings. The Bertz CT molecular complexity index is 1830. The van der Waals surface area contributed by atoms with Crippen molar-refractivity contribution in [1.29, 1.82) is 0 Å². The monoisotopic (exact) mass is 657 g/mol. The van der Waals surface area contributed by atoms with Crippen LogP contribution in [0.1, 0.15) is 42.3 Å². The van der Waals surface area contributed by atoms with Crippen LogP contribution in [-0.4, -0.2) is 76.5 Å². The van der Waals surface area contributed by atoms with Crippen molar-refractivity contribution in [3.05, 3.63) is 76.6 Å². The van der Waals surface area contributed by atoms with Crippen molar-refractivity contribution in [3.63, 3.8) is 0 Å². The summed E-state index contributed by atoms with van der Waals surface area (Å²) in [4.78, 5) is 22.1. The number of aromatic nitrogens is 8. The lowest BCUT2D eigenvalue weighted by molar-refractivity contribution is -0.144. The predicted octanol–water partition coefficient (Wildman–Crippen LogP) is 5.24. The average Bonchev–Trinajstić information content (AvgIpc) is 3.64. The molecule has 6 heterocycles. The number of nitrogens with zero attached hydrogens (tertiary/aromatic N) is 8. The Hall–Kier alpha value is -4.21. The molecule has 0 bridgehead atoms. The standard InChI is InChI=1S/C30H28ClF4N9O2/c31-18-3-1-17(2-4-18)11-25-37-13-21(32)28(39-25)46-19-5-8-43(9-6-19)16-26-38-22-12-23(27-40-29(42-41-27)30(33,34)35)36-14-24(22)44(26)15-20-7-10-45-20/h1-4,12-14,19-20H,5-11,15-16H2,(H,40,41,42). The van der Waals surface area contributed by atoms with Gasteiger partial charge < -0.3 is 19.0 Å². The smallest absolute Gasteiger partial charge is 0.451 e. The van der Waals surface area contributed by atoms with Crippen molar-refractivity contribution in [2.45, 2.75) is 57.2 Å². The van der Waals surface area contributed by atoms with E-state index in [9.17, 15) is 17.6 Å². The molecule has 1 unspecified atom stereocenters. The molecule has 0 aliphatic carbocycles. The third-order valence-corrected chi connectivity index (χ3v) is 8.36. The molecule has 2 aliphatic rings. The van der Waals surface area contributed by atoms with Gasteiger partial charge in [-0.1, -0.05) is 23.7 Å². The first-order valence-electron chi connectivity index (χ1n) is 14.8. The van der Waals surface area contributed by atoms with Crippen LogP contribution in [0.3, 0.4) is 0 Å². The summed E-state index contributed by atoms with van der Waals surface area (Å²) < 4.78 is 67.4. The molecule has 16 heteroatoms. The molecule has 0 radical (unpaired) electrons. The molecule has 5 aromatic rings. The second kappa shape index (κ2) is 12.5. The fraction of sp³-hybridized carbons (Fsp3) is 0.400. The first-order chi connectivity index (χ1) is 22.2. The molecule has 46 heavy (non-hydrogen) atoms. The van der Waals surface area contributed by atoms with E-state index in [-0.39, 0.29) is 29.6 Å². The van der Waals surface area contributed by atoms with Gasteiger partial charge in [0.05, 0.1) is 42.6 Å². The minimum atomic E-state index is -4.64. The van der Waals surface area contributed by atoms with Crippen LogP contribution >= 0.6 is 11.6 Å². The van der Waals surface area contributed by atoms with Crippen LogP contribution in [0, 0.1) is 5.82 Å². The number of imidazole rings is 1. The Morgan fingerprint density at radius 2 is 1.80 bits per heavy atom. The van der Waals surface area contributed by atoms with Crippen LogP contribution in [0.2, 0.25) is 5.02 Å². The third-order valence-electron chi connectivity index (χ3n) is 8.11. The zero-order valence-electron chi connectivity index (χ0n) is 24.3. The largest absolute Gasteiger partial charge is 0.472 e. The summed E-state index contributed by atoms with van der Waals surface area (Å²) in [6, 6.07) is 8.92. The zero-order chi connectivity index (χ0) is 31.8. The Morgan fingerprint density at radius 1 is 1.02 bits per heavy atom. The maximum atomic E-state index is 14.6. The second-order valence-electron chi connectivity index (χ2n) is 11.3. The molecule has 0 saturated carbocycles. The predicted molar refractivity (Wildman–Crippen MR) is 157 cm³/mol. The number of rotatable bonds is 9. The second-order valence-corrected chi connectivity index (χ2v) is 11.8. The Labute approximate surface area is 265 Å². The quantitative estimate of drug-likeness (QED) is 0.212. The van der Waals surface area contributed by atoms with E-state index >= 15 is 0 Å². The molecule has 0 amide bonds. The summed E-state index contributed by atoms with van der Waals surface area (Å²) in [6.45, 7) is 3.17. The van der Waals surface area contributed by atoms with E-state index in [4.69, 9.17) is 26.1 Å². The normalized spacial score (nSPS) is 17.8. The third kappa shape index (κ3) is 6.66. The molecular weight excluding hydrogens is 630 g/mol. The van der Waals surface area contributed by atoms with Crippen molar-refractivity contribution in [1.82, 2.24) is 44.6 Å². The Kier molecular flexibility index (Phi) is 8.29. The van der Waals surface area contributed by atoms with Gasteiger partial charge in [-0.3, -0.25) is 9.88 Å². The van der Waals surface area contributed by atoms with E-state index < -0.39 is 17.8 Å². The first-order valence-corrected chi connectivity index (χ1v) is 15.2. The molecule has 4 aromatic heterocycles. The van der Waals surface area contributed by atoms with Crippen molar-refractivity contribution < 1.29 is 27.0 Å². The van der Waals surface area contributed by atoms with Crippen molar-refractivity contribution in [2.24, 2.45) is 0 Å². The van der Waals surface area contributed by atoms with Crippen LogP contribution in [0.15, 0.2) is 42.7 Å². The van der Waals surface area contributed by atoms with E-state index in [1.54, 1.807) is 24.4 Å². The molecule has 1 aromatic carbocycles.